The Kier molecular flexibility index (Phi) is 3.47. The number of hydrogen-bond acceptors (Lipinski definition) is 2. The van der Waals surface area contributed by atoms with Gasteiger partial charge in [0.05, 0.1) is 0 Å². The summed E-state index contributed by atoms with van der Waals surface area (Å²) in [6, 6.07) is 14.8. The fraction of sp³-hybridized carbons (Fsp3) is 0.312. The van der Waals surface area contributed by atoms with Gasteiger partial charge in [0.1, 0.15) is 0 Å². The highest BCUT2D eigenvalue weighted by atomic mass is 32.1. The van der Waals surface area contributed by atoms with E-state index in [1.807, 2.05) is 4.90 Å². The number of fused-ring (bicyclic) bond motifs is 1. The molecule has 3 heteroatoms. The average Bonchev–Trinajstić information content (AvgIpc) is 2.74. The Morgan fingerprint density at radius 3 is 2.74 bits per heavy atom. The molecule has 0 N–H and O–H groups in total. The molecular formula is C16H17NOS. The molecule has 1 fully saturated rings. The summed E-state index contributed by atoms with van der Waals surface area (Å²) in [7, 11) is 0. The molecule has 0 radical (unpaired) electrons. The molecular weight excluding hydrogens is 254 g/mol. The van der Waals surface area contributed by atoms with Crippen LogP contribution < -0.4 is 0 Å². The SMILES string of the molecule is O=C1CC(S)CN1CCc1cccc2ccccc12. The molecule has 1 atom stereocenters. The molecule has 0 aromatic heterocycles. The molecule has 0 aliphatic carbocycles. The molecule has 2 aromatic rings. The van der Waals surface area contributed by atoms with Gasteiger partial charge in [-0.25, -0.2) is 0 Å². The Hall–Kier alpha value is -1.48. The van der Waals surface area contributed by atoms with E-state index >= 15 is 0 Å². The summed E-state index contributed by atoms with van der Waals surface area (Å²) in [4.78, 5) is 13.7. The number of likely N-dealkylation sites (tertiary alicyclic amines) is 1. The summed E-state index contributed by atoms with van der Waals surface area (Å²) in [5.74, 6) is 0.236. The van der Waals surface area contributed by atoms with Crippen LogP contribution in [0.4, 0.5) is 0 Å². The summed E-state index contributed by atoms with van der Waals surface area (Å²) in [6.07, 6.45) is 1.49. The van der Waals surface area contributed by atoms with Gasteiger partial charge in [0.2, 0.25) is 5.91 Å². The maximum absolute atomic E-state index is 11.7. The van der Waals surface area contributed by atoms with E-state index in [1.54, 1.807) is 0 Å². The maximum Gasteiger partial charge on any atom is 0.223 e. The van der Waals surface area contributed by atoms with Crippen LogP contribution in [-0.2, 0) is 11.2 Å². The average molecular weight is 271 g/mol. The quantitative estimate of drug-likeness (QED) is 0.851. The third-order valence-electron chi connectivity index (χ3n) is 3.73. The molecule has 0 saturated carbocycles. The second-order valence-corrected chi connectivity index (χ2v) is 5.82. The number of benzene rings is 2. The molecule has 3 rings (SSSR count). The molecule has 1 saturated heterocycles. The van der Waals surface area contributed by atoms with Crippen molar-refractivity contribution in [3.05, 3.63) is 48.0 Å². The number of hydrogen-bond donors (Lipinski definition) is 1. The van der Waals surface area contributed by atoms with Crippen molar-refractivity contribution in [1.29, 1.82) is 0 Å². The van der Waals surface area contributed by atoms with Crippen LogP contribution in [0.3, 0.4) is 0 Å². The molecule has 2 nitrogen and oxygen atoms in total. The lowest BCUT2D eigenvalue weighted by Crippen LogP contribution is -2.27. The summed E-state index contributed by atoms with van der Waals surface area (Å²) in [5.41, 5.74) is 1.31. The van der Waals surface area contributed by atoms with Crippen LogP contribution in [-0.4, -0.2) is 29.1 Å². The maximum atomic E-state index is 11.7. The van der Waals surface area contributed by atoms with Gasteiger partial charge >= 0.3 is 0 Å². The molecule has 0 spiro atoms. The highest BCUT2D eigenvalue weighted by Gasteiger charge is 2.26. The van der Waals surface area contributed by atoms with E-state index in [9.17, 15) is 4.79 Å². The van der Waals surface area contributed by atoms with Gasteiger partial charge in [-0.3, -0.25) is 4.79 Å². The highest BCUT2D eigenvalue weighted by molar-refractivity contribution is 7.81. The fourth-order valence-electron chi connectivity index (χ4n) is 2.73. The summed E-state index contributed by atoms with van der Waals surface area (Å²) < 4.78 is 0. The van der Waals surface area contributed by atoms with Crippen molar-refractivity contribution in [2.75, 3.05) is 13.1 Å². The first-order valence-electron chi connectivity index (χ1n) is 6.66. The molecule has 2 aromatic carbocycles. The minimum Gasteiger partial charge on any atom is -0.341 e. The molecule has 1 amide bonds. The number of carbonyl (C=O) groups excluding carboxylic acids is 1. The predicted octanol–water partition coefficient (Wildman–Crippen LogP) is 2.91. The van der Waals surface area contributed by atoms with Crippen molar-refractivity contribution in [2.45, 2.75) is 18.1 Å². The number of nitrogens with zero attached hydrogens (tertiary/aromatic N) is 1. The molecule has 98 valence electrons. The van der Waals surface area contributed by atoms with E-state index in [0.29, 0.717) is 6.42 Å². The first kappa shape index (κ1) is 12.5. The third kappa shape index (κ3) is 2.61. The van der Waals surface area contributed by atoms with Gasteiger partial charge in [0.15, 0.2) is 0 Å². The Bertz CT molecular complexity index is 605. The van der Waals surface area contributed by atoms with E-state index < -0.39 is 0 Å². The Morgan fingerprint density at radius 1 is 1.16 bits per heavy atom. The molecule has 1 unspecified atom stereocenters. The van der Waals surface area contributed by atoms with Crippen LogP contribution in [0.15, 0.2) is 42.5 Å². The lowest BCUT2D eigenvalue weighted by Gasteiger charge is -2.16. The molecule has 1 aliphatic heterocycles. The van der Waals surface area contributed by atoms with Crippen LogP contribution in [0.1, 0.15) is 12.0 Å². The summed E-state index contributed by atoms with van der Waals surface area (Å²) in [5, 5.41) is 2.76. The van der Waals surface area contributed by atoms with Gasteiger partial charge in [0.25, 0.3) is 0 Å². The smallest absolute Gasteiger partial charge is 0.223 e. The Morgan fingerprint density at radius 2 is 1.95 bits per heavy atom. The van der Waals surface area contributed by atoms with Crippen LogP contribution in [0.5, 0.6) is 0 Å². The number of carbonyl (C=O) groups is 1. The second kappa shape index (κ2) is 5.25. The number of thiol groups is 1. The van der Waals surface area contributed by atoms with Crippen LogP contribution >= 0.6 is 12.6 Å². The summed E-state index contributed by atoms with van der Waals surface area (Å²) >= 11 is 4.39. The monoisotopic (exact) mass is 271 g/mol. The van der Waals surface area contributed by atoms with Crippen molar-refractivity contribution in [3.63, 3.8) is 0 Å². The van der Waals surface area contributed by atoms with Crippen LogP contribution in [0, 0.1) is 0 Å². The van der Waals surface area contributed by atoms with Gasteiger partial charge in [-0.1, -0.05) is 42.5 Å². The zero-order valence-corrected chi connectivity index (χ0v) is 11.6. The zero-order valence-electron chi connectivity index (χ0n) is 10.7. The molecule has 19 heavy (non-hydrogen) atoms. The van der Waals surface area contributed by atoms with E-state index in [-0.39, 0.29) is 11.2 Å². The van der Waals surface area contributed by atoms with E-state index in [4.69, 9.17) is 0 Å². The molecule has 0 bridgehead atoms. The Balaban J connectivity index is 1.77. The predicted molar refractivity (Wildman–Crippen MR) is 81.6 cm³/mol. The lowest BCUT2D eigenvalue weighted by atomic mass is 10.0. The zero-order chi connectivity index (χ0) is 13.2. The van der Waals surface area contributed by atoms with Crippen LogP contribution in [0.25, 0.3) is 10.8 Å². The van der Waals surface area contributed by atoms with Gasteiger partial charge in [-0.2, -0.15) is 12.6 Å². The van der Waals surface area contributed by atoms with Gasteiger partial charge in [-0.15, -0.1) is 0 Å². The lowest BCUT2D eigenvalue weighted by molar-refractivity contribution is -0.127. The van der Waals surface area contributed by atoms with Crippen molar-refractivity contribution >= 4 is 29.3 Å². The van der Waals surface area contributed by atoms with Crippen molar-refractivity contribution in [1.82, 2.24) is 4.90 Å². The third-order valence-corrected chi connectivity index (χ3v) is 4.07. The van der Waals surface area contributed by atoms with E-state index in [2.05, 4.69) is 55.1 Å². The minimum atomic E-state index is 0.208. The van der Waals surface area contributed by atoms with Gasteiger partial charge < -0.3 is 4.90 Å². The molecule has 1 aliphatic rings. The largest absolute Gasteiger partial charge is 0.341 e. The normalized spacial score (nSPS) is 19.3. The van der Waals surface area contributed by atoms with Crippen molar-refractivity contribution < 1.29 is 4.79 Å². The van der Waals surface area contributed by atoms with E-state index in [1.165, 1.54) is 16.3 Å². The number of rotatable bonds is 3. The first-order valence-corrected chi connectivity index (χ1v) is 7.18. The van der Waals surface area contributed by atoms with Gasteiger partial charge in [-0.05, 0) is 22.8 Å². The van der Waals surface area contributed by atoms with Crippen molar-refractivity contribution in [2.24, 2.45) is 0 Å². The Labute approximate surface area is 118 Å². The summed E-state index contributed by atoms with van der Waals surface area (Å²) in [6.45, 7) is 1.58. The number of amides is 1. The topological polar surface area (TPSA) is 20.3 Å². The molecule has 1 heterocycles. The second-order valence-electron chi connectivity index (χ2n) is 5.09. The van der Waals surface area contributed by atoms with Crippen molar-refractivity contribution in [3.8, 4) is 0 Å². The van der Waals surface area contributed by atoms with Gasteiger partial charge in [0, 0.05) is 24.8 Å². The fourth-order valence-corrected chi connectivity index (χ4v) is 3.09. The first-order chi connectivity index (χ1) is 9.24. The highest BCUT2D eigenvalue weighted by Crippen LogP contribution is 2.21. The minimum absolute atomic E-state index is 0.208. The standard InChI is InChI=1S/C16H17NOS/c18-16-10-14(19)11-17(16)9-8-13-6-3-5-12-4-1-2-7-15(12)13/h1-7,14,19H,8-11H2. The van der Waals surface area contributed by atoms with Crippen LogP contribution in [0.2, 0.25) is 0 Å². The van der Waals surface area contributed by atoms with E-state index in [0.717, 1.165) is 19.5 Å².